The second-order valence-electron chi connectivity index (χ2n) is 8.90. The van der Waals surface area contributed by atoms with Crippen molar-refractivity contribution in [2.75, 3.05) is 0 Å². The summed E-state index contributed by atoms with van der Waals surface area (Å²) in [5.41, 5.74) is -2.43. The maximum absolute atomic E-state index is 12.6. The lowest BCUT2D eigenvalue weighted by Crippen LogP contribution is -2.49. The van der Waals surface area contributed by atoms with Crippen LogP contribution in [-0.4, -0.2) is 24.4 Å². The highest BCUT2D eigenvalue weighted by Gasteiger charge is 2.61. The Kier molecular flexibility index (Phi) is 6.48. The largest absolute Gasteiger partial charge is 0.442 e. The Bertz CT molecular complexity index is 407. The molecule has 0 radical (unpaired) electrons. The first-order valence-electron chi connectivity index (χ1n) is 7.52. The molecule has 0 aliphatic heterocycles. The molecule has 0 heterocycles. The minimum absolute atomic E-state index is 0.0958. The second-order valence-corrected chi connectivity index (χ2v) is 8.90. The van der Waals surface area contributed by atoms with Crippen molar-refractivity contribution in [2.24, 2.45) is 16.2 Å². The minimum atomic E-state index is -5.71. The van der Waals surface area contributed by atoms with E-state index in [9.17, 15) is 31.1 Å². The zero-order chi connectivity index (χ0) is 19.8. The normalized spacial score (nSPS) is 14.9. The van der Waals surface area contributed by atoms with Crippen LogP contribution in [-0.2, 0) is 9.53 Å². The molecule has 0 aliphatic rings. The number of halogens is 6. The van der Waals surface area contributed by atoms with Crippen molar-refractivity contribution >= 4 is 5.97 Å². The van der Waals surface area contributed by atoms with Crippen molar-refractivity contribution < 1.29 is 35.9 Å². The quantitative estimate of drug-likeness (QED) is 0.458. The van der Waals surface area contributed by atoms with Gasteiger partial charge >= 0.3 is 18.3 Å². The van der Waals surface area contributed by atoms with Crippen molar-refractivity contribution in [1.82, 2.24) is 0 Å². The van der Waals surface area contributed by atoms with E-state index in [1.54, 1.807) is 41.5 Å². The number of carbonyl (C=O) groups excluding carboxylic acids is 1. The van der Waals surface area contributed by atoms with E-state index in [4.69, 9.17) is 0 Å². The van der Waals surface area contributed by atoms with E-state index < -0.39 is 40.7 Å². The molecule has 0 aromatic heterocycles. The first kappa shape index (κ1) is 23.1. The van der Waals surface area contributed by atoms with Crippen LogP contribution in [0.1, 0.15) is 61.3 Å². The Morgan fingerprint density at radius 3 is 1.25 bits per heavy atom. The maximum Gasteiger partial charge on any atom is 0.434 e. The van der Waals surface area contributed by atoms with E-state index in [2.05, 4.69) is 4.74 Å². The predicted octanol–water partition coefficient (Wildman–Crippen LogP) is 5.90. The summed E-state index contributed by atoms with van der Waals surface area (Å²) in [6, 6.07) is 0. The number of esters is 1. The van der Waals surface area contributed by atoms with Gasteiger partial charge in [-0.1, -0.05) is 41.5 Å². The number of ether oxygens (including phenoxy) is 1. The van der Waals surface area contributed by atoms with Crippen LogP contribution in [0.4, 0.5) is 26.3 Å². The lowest BCUT2D eigenvalue weighted by atomic mass is 9.67. The van der Waals surface area contributed by atoms with E-state index in [-0.39, 0.29) is 12.8 Å². The van der Waals surface area contributed by atoms with Gasteiger partial charge in [0.2, 0.25) is 0 Å². The highest BCUT2D eigenvalue weighted by Crippen LogP contribution is 2.45. The molecule has 0 saturated heterocycles. The third-order valence-electron chi connectivity index (χ3n) is 3.15. The lowest BCUT2D eigenvalue weighted by Gasteiger charge is -2.39. The molecule has 0 fully saturated rings. The van der Waals surface area contributed by atoms with E-state index in [0.29, 0.717) is 0 Å². The van der Waals surface area contributed by atoms with Gasteiger partial charge in [-0.3, -0.25) is 4.79 Å². The topological polar surface area (TPSA) is 26.3 Å². The Labute approximate surface area is 138 Å². The molecule has 8 heteroatoms. The minimum Gasteiger partial charge on any atom is -0.442 e. The number of hydrogen-bond donors (Lipinski definition) is 0. The molecule has 0 unspecified atom stereocenters. The Hall–Kier alpha value is -0.950. The van der Waals surface area contributed by atoms with Gasteiger partial charge in [0.25, 0.3) is 6.10 Å². The van der Waals surface area contributed by atoms with Gasteiger partial charge in [-0.05, 0) is 30.6 Å². The molecule has 0 aliphatic carbocycles. The van der Waals surface area contributed by atoms with Crippen LogP contribution in [0.15, 0.2) is 0 Å². The van der Waals surface area contributed by atoms with E-state index in [1.807, 2.05) is 0 Å². The Morgan fingerprint density at radius 1 is 0.750 bits per heavy atom. The molecular formula is C16H26F6O2. The fourth-order valence-corrected chi connectivity index (χ4v) is 3.12. The van der Waals surface area contributed by atoms with Crippen molar-refractivity contribution in [3.63, 3.8) is 0 Å². The van der Waals surface area contributed by atoms with Crippen molar-refractivity contribution in [3.05, 3.63) is 0 Å². The zero-order valence-electron chi connectivity index (χ0n) is 15.1. The predicted molar refractivity (Wildman–Crippen MR) is 78.2 cm³/mol. The molecule has 0 N–H and O–H groups in total. The third-order valence-corrected chi connectivity index (χ3v) is 3.15. The molecule has 0 amide bonds. The fraction of sp³-hybridized carbons (Fsp3) is 0.938. The Morgan fingerprint density at radius 2 is 1.04 bits per heavy atom. The highest BCUT2D eigenvalue weighted by atomic mass is 19.4. The number of rotatable bonds is 4. The van der Waals surface area contributed by atoms with Gasteiger partial charge in [0, 0.05) is 0 Å². The van der Waals surface area contributed by atoms with Crippen LogP contribution < -0.4 is 0 Å². The molecular weight excluding hydrogens is 338 g/mol. The van der Waals surface area contributed by atoms with Gasteiger partial charge in [0.1, 0.15) is 0 Å². The Balaban J connectivity index is 5.68. The summed E-state index contributed by atoms with van der Waals surface area (Å²) in [6.45, 7) is 11.9. The van der Waals surface area contributed by atoms with Crippen LogP contribution in [0, 0.1) is 16.2 Å². The molecule has 0 spiro atoms. The van der Waals surface area contributed by atoms with Gasteiger partial charge in [-0.2, -0.15) is 26.3 Å². The fourth-order valence-electron chi connectivity index (χ4n) is 3.12. The first-order valence-corrected chi connectivity index (χ1v) is 7.52. The van der Waals surface area contributed by atoms with Gasteiger partial charge in [-0.25, -0.2) is 0 Å². The summed E-state index contributed by atoms with van der Waals surface area (Å²) < 4.78 is 79.8. The summed E-state index contributed by atoms with van der Waals surface area (Å²) in [6.07, 6.45) is -15.3. The molecule has 144 valence electrons. The van der Waals surface area contributed by atoms with Crippen LogP contribution >= 0.6 is 0 Å². The number of hydrogen-bond acceptors (Lipinski definition) is 2. The van der Waals surface area contributed by atoms with Crippen molar-refractivity contribution in [2.45, 2.75) is 79.8 Å². The SMILES string of the molecule is CC(C)(C)CC(C)(CC(C)(C)C)C(=O)OC(C(F)(F)F)C(F)(F)F. The highest BCUT2D eigenvalue weighted by molar-refractivity contribution is 5.76. The summed E-state index contributed by atoms with van der Waals surface area (Å²) in [5, 5.41) is 0. The number of alkyl halides is 6. The standard InChI is InChI=1S/C16H26F6O2/c1-12(2,3)8-14(7,9-13(4,5)6)11(23)24-10(15(17,18)19)16(20,21)22/h10H,8-9H2,1-7H3. The average Bonchev–Trinajstić information content (AvgIpc) is 2.15. The molecule has 0 aromatic rings. The first-order chi connectivity index (χ1) is 10.2. The lowest BCUT2D eigenvalue weighted by molar-refractivity contribution is -0.316. The average molecular weight is 364 g/mol. The molecule has 0 saturated carbocycles. The van der Waals surface area contributed by atoms with E-state index in [1.165, 1.54) is 6.92 Å². The van der Waals surface area contributed by atoms with Crippen LogP contribution in [0.25, 0.3) is 0 Å². The van der Waals surface area contributed by atoms with E-state index in [0.717, 1.165) is 0 Å². The van der Waals surface area contributed by atoms with Crippen LogP contribution in [0.2, 0.25) is 0 Å². The van der Waals surface area contributed by atoms with Crippen LogP contribution in [0.3, 0.4) is 0 Å². The summed E-state index contributed by atoms with van der Waals surface area (Å²) in [4.78, 5) is 12.3. The summed E-state index contributed by atoms with van der Waals surface area (Å²) >= 11 is 0. The van der Waals surface area contributed by atoms with Gasteiger partial charge < -0.3 is 4.74 Å². The summed E-state index contributed by atoms with van der Waals surface area (Å²) in [7, 11) is 0. The molecule has 0 rings (SSSR count). The molecule has 0 aromatic carbocycles. The van der Waals surface area contributed by atoms with Gasteiger partial charge in [-0.15, -0.1) is 0 Å². The molecule has 2 nitrogen and oxygen atoms in total. The van der Waals surface area contributed by atoms with E-state index >= 15 is 0 Å². The van der Waals surface area contributed by atoms with Gasteiger partial charge in [0.15, 0.2) is 0 Å². The smallest absolute Gasteiger partial charge is 0.434 e. The van der Waals surface area contributed by atoms with Crippen LogP contribution in [0.5, 0.6) is 0 Å². The van der Waals surface area contributed by atoms with Crippen molar-refractivity contribution in [3.8, 4) is 0 Å². The second kappa shape index (κ2) is 6.75. The maximum atomic E-state index is 12.6. The zero-order valence-corrected chi connectivity index (χ0v) is 15.1. The molecule has 24 heavy (non-hydrogen) atoms. The van der Waals surface area contributed by atoms with Gasteiger partial charge in [0.05, 0.1) is 5.41 Å². The molecule has 0 atom stereocenters. The third kappa shape index (κ3) is 7.75. The monoisotopic (exact) mass is 364 g/mol. The summed E-state index contributed by atoms with van der Waals surface area (Å²) in [5.74, 6) is -1.48. The molecule has 0 bridgehead atoms. The van der Waals surface area contributed by atoms with Crippen molar-refractivity contribution in [1.29, 1.82) is 0 Å². The number of carbonyl (C=O) groups is 1.